The van der Waals surface area contributed by atoms with Gasteiger partial charge in [0.15, 0.2) is 0 Å². The van der Waals surface area contributed by atoms with Crippen molar-refractivity contribution in [3.8, 4) is 0 Å². The third-order valence-electron chi connectivity index (χ3n) is 2.17. The highest BCUT2D eigenvalue weighted by molar-refractivity contribution is 5.18. The molecular weight excluding hydrogens is 162 g/mol. The van der Waals surface area contributed by atoms with Gasteiger partial charge in [0, 0.05) is 0 Å². The summed E-state index contributed by atoms with van der Waals surface area (Å²) >= 11 is 0. The Morgan fingerprint density at radius 2 is 1.69 bits per heavy atom. The van der Waals surface area contributed by atoms with Gasteiger partial charge < -0.3 is 4.57 Å². The van der Waals surface area contributed by atoms with Crippen LogP contribution in [0, 0.1) is 0 Å². The topological polar surface area (TPSA) is 30.7 Å². The maximum Gasteiger partial charge on any atom is 0.119 e. The molecule has 1 unspecified atom stereocenters. The van der Waals surface area contributed by atoms with Crippen LogP contribution in [-0.2, 0) is 0 Å². The van der Waals surface area contributed by atoms with Gasteiger partial charge in [-0.05, 0) is 12.5 Å². The molecule has 0 amide bonds. The smallest absolute Gasteiger partial charge is 0.119 e. The van der Waals surface area contributed by atoms with Gasteiger partial charge in [-0.25, -0.2) is 0 Å². The van der Waals surface area contributed by atoms with Gasteiger partial charge >= 0.3 is 0 Å². The summed E-state index contributed by atoms with van der Waals surface area (Å²) < 4.78 is 1.98. The van der Waals surface area contributed by atoms with E-state index >= 15 is 0 Å². The molecule has 0 N–H and O–H groups in total. The van der Waals surface area contributed by atoms with E-state index in [9.17, 15) is 0 Å². The second kappa shape index (κ2) is 3.39. The Morgan fingerprint density at radius 1 is 1.08 bits per heavy atom. The molecule has 13 heavy (non-hydrogen) atoms. The van der Waals surface area contributed by atoms with Crippen LogP contribution in [0.2, 0.25) is 0 Å². The average Bonchev–Trinajstić information content (AvgIpc) is 2.71. The van der Waals surface area contributed by atoms with Crippen LogP contribution in [0.1, 0.15) is 18.5 Å². The maximum absolute atomic E-state index is 3.78. The summed E-state index contributed by atoms with van der Waals surface area (Å²) in [5.74, 6) is 0. The molecule has 0 saturated carbocycles. The average molecular weight is 173 g/mol. The normalized spacial score (nSPS) is 12.7. The number of nitrogens with zero attached hydrogens (tertiary/aromatic N) is 3. The van der Waals surface area contributed by atoms with Gasteiger partial charge in [-0.15, -0.1) is 10.2 Å². The number of aromatic nitrogens is 3. The fraction of sp³-hybridized carbons (Fsp3) is 0.200. The van der Waals surface area contributed by atoms with E-state index < -0.39 is 0 Å². The molecule has 1 atom stereocenters. The summed E-state index contributed by atoms with van der Waals surface area (Å²) in [5, 5.41) is 7.56. The number of rotatable bonds is 2. The van der Waals surface area contributed by atoms with E-state index in [0.717, 1.165) is 0 Å². The first kappa shape index (κ1) is 7.98. The van der Waals surface area contributed by atoms with Crippen LogP contribution in [0.3, 0.4) is 0 Å². The van der Waals surface area contributed by atoms with Crippen LogP contribution in [0.25, 0.3) is 0 Å². The quantitative estimate of drug-likeness (QED) is 0.694. The molecule has 2 aromatic rings. The second-order valence-electron chi connectivity index (χ2n) is 3.00. The Hall–Kier alpha value is -1.64. The molecule has 3 heteroatoms. The molecule has 0 bridgehead atoms. The molecule has 66 valence electrons. The lowest BCUT2D eigenvalue weighted by Crippen LogP contribution is -2.03. The highest BCUT2D eigenvalue weighted by Gasteiger charge is 2.05. The standard InChI is InChI=1S/C10H11N3/c1-9(13-7-11-12-8-13)10-5-3-2-4-6-10/h2-9H,1H3. The molecule has 0 radical (unpaired) electrons. The molecule has 1 aromatic heterocycles. The summed E-state index contributed by atoms with van der Waals surface area (Å²) in [6, 6.07) is 10.6. The highest BCUT2D eigenvalue weighted by Crippen LogP contribution is 2.15. The third kappa shape index (κ3) is 1.59. The molecule has 1 heterocycles. The zero-order valence-electron chi connectivity index (χ0n) is 7.46. The predicted molar refractivity (Wildman–Crippen MR) is 50.3 cm³/mol. The van der Waals surface area contributed by atoms with Gasteiger partial charge in [0.05, 0.1) is 6.04 Å². The summed E-state index contributed by atoms with van der Waals surface area (Å²) in [6.07, 6.45) is 3.47. The monoisotopic (exact) mass is 173 g/mol. The number of hydrogen-bond donors (Lipinski definition) is 0. The van der Waals surface area contributed by atoms with Gasteiger partial charge in [0.1, 0.15) is 12.7 Å². The van der Waals surface area contributed by atoms with E-state index in [1.54, 1.807) is 12.7 Å². The van der Waals surface area contributed by atoms with Gasteiger partial charge in [-0.2, -0.15) is 0 Å². The molecule has 0 saturated heterocycles. The lowest BCUT2D eigenvalue weighted by atomic mass is 10.1. The highest BCUT2D eigenvalue weighted by atomic mass is 15.2. The van der Waals surface area contributed by atoms with Crippen molar-refractivity contribution < 1.29 is 0 Å². The van der Waals surface area contributed by atoms with Crippen molar-refractivity contribution in [3.63, 3.8) is 0 Å². The fourth-order valence-electron chi connectivity index (χ4n) is 1.31. The Kier molecular flexibility index (Phi) is 2.08. The van der Waals surface area contributed by atoms with Crippen LogP contribution in [0.15, 0.2) is 43.0 Å². The van der Waals surface area contributed by atoms with Crippen LogP contribution >= 0.6 is 0 Å². The van der Waals surface area contributed by atoms with Crippen LogP contribution < -0.4 is 0 Å². The van der Waals surface area contributed by atoms with Crippen LogP contribution in [-0.4, -0.2) is 14.8 Å². The van der Waals surface area contributed by atoms with E-state index in [1.807, 2.05) is 22.8 Å². The molecule has 0 fully saturated rings. The van der Waals surface area contributed by atoms with Crippen molar-refractivity contribution >= 4 is 0 Å². The largest absolute Gasteiger partial charge is 0.313 e. The predicted octanol–water partition coefficient (Wildman–Crippen LogP) is 1.89. The first-order valence-electron chi connectivity index (χ1n) is 4.27. The summed E-state index contributed by atoms with van der Waals surface area (Å²) in [6.45, 7) is 2.12. The van der Waals surface area contributed by atoms with Crippen molar-refractivity contribution in [2.75, 3.05) is 0 Å². The fourth-order valence-corrected chi connectivity index (χ4v) is 1.31. The Bertz CT molecular complexity index is 353. The van der Waals surface area contributed by atoms with E-state index in [0.29, 0.717) is 6.04 Å². The Labute approximate surface area is 77.0 Å². The Morgan fingerprint density at radius 3 is 2.31 bits per heavy atom. The van der Waals surface area contributed by atoms with Gasteiger partial charge in [-0.3, -0.25) is 0 Å². The van der Waals surface area contributed by atoms with Crippen molar-refractivity contribution in [3.05, 3.63) is 48.5 Å². The SMILES string of the molecule is CC(c1ccccc1)n1cnnc1. The van der Waals surface area contributed by atoms with E-state index in [-0.39, 0.29) is 0 Å². The molecule has 0 aliphatic carbocycles. The van der Waals surface area contributed by atoms with Crippen molar-refractivity contribution in [1.29, 1.82) is 0 Å². The number of hydrogen-bond acceptors (Lipinski definition) is 2. The van der Waals surface area contributed by atoms with Crippen molar-refractivity contribution in [1.82, 2.24) is 14.8 Å². The lowest BCUT2D eigenvalue weighted by Gasteiger charge is -2.11. The summed E-state index contributed by atoms with van der Waals surface area (Å²) in [7, 11) is 0. The van der Waals surface area contributed by atoms with E-state index in [2.05, 4.69) is 29.3 Å². The molecule has 0 aliphatic rings. The van der Waals surface area contributed by atoms with E-state index in [4.69, 9.17) is 0 Å². The molecular formula is C10H11N3. The van der Waals surface area contributed by atoms with Crippen LogP contribution in [0.5, 0.6) is 0 Å². The zero-order valence-corrected chi connectivity index (χ0v) is 7.46. The van der Waals surface area contributed by atoms with Gasteiger partial charge in [-0.1, -0.05) is 30.3 Å². The minimum absolute atomic E-state index is 0.302. The first-order chi connectivity index (χ1) is 6.38. The second-order valence-corrected chi connectivity index (χ2v) is 3.00. The summed E-state index contributed by atoms with van der Waals surface area (Å²) in [4.78, 5) is 0. The molecule has 3 nitrogen and oxygen atoms in total. The molecule has 1 aromatic carbocycles. The molecule has 2 rings (SSSR count). The van der Waals surface area contributed by atoms with Gasteiger partial charge in [0.2, 0.25) is 0 Å². The Balaban J connectivity index is 2.29. The van der Waals surface area contributed by atoms with Crippen LogP contribution in [0.4, 0.5) is 0 Å². The zero-order chi connectivity index (χ0) is 9.10. The molecule has 0 spiro atoms. The maximum atomic E-state index is 3.78. The van der Waals surface area contributed by atoms with Crippen molar-refractivity contribution in [2.45, 2.75) is 13.0 Å². The number of benzene rings is 1. The first-order valence-corrected chi connectivity index (χ1v) is 4.27. The van der Waals surface area contributed by atoms with Gasteiger partial charge in [0.25, 0.3) is 0 Å². The minimum atomic E-state index is 0.302. The third-order valence-corrected chi connectivity index (χ3v) is 2.17. The lowest BCUT2D eigenvalue weighted by molar-refractivity contribution is 0.636. The summed E-state index contributed by atoms with van der Waals surface area (Å²) in [5.41, 5.74) is 1.27. The van der Waals surface area contributed by atoms with Crippen molar-refractivity contribution in [2.24, 2.45) is 0 Å². The van der Waals surface area contributed by atoms with E-state index in [1.165, 1.54) is 5.56 Å². The molecule has 0 aliphatic heterocycles. The minimum Gasteiger partial charge on any atom is -0.313 e.